The zero-order valence-corrected chi connectivity index (χ0v) is 13.5. The molecule has 3 rings (SSSR count). The predicted octanol–water partition coefficient (Wildman–Crippen LogP) is 2.22. The van der Waals surface area contributed by atoms with Gasteiger partial charge in [0.1, 0.15) is 0 Å². The Morgan fingerprint density at radius 2 is 1.86 bits per heavy atom. The van der Waals surface area contributed by atoms with E-state index in [1.54, 1.807) is 16.4 Å². The fraction of sp³-hybridized carbons (Fsp3) is 0.562. The van der Waals surface area contributed by atoms with Crippen molar-refractivity contribution < 1.29 is 17.9 Å². The van der Waals surface area contributed by atoms with Crippen molar-refractivity contribution in [1.82, 2.24) is 4.31 Å². The number of hydrogen-bond donors (Lipinski definition) is 0. The number of morpholine rings is 1. The second-order valence-electron chi connectivity index (χ2n) is 5.96. The van der Waals surface area contributed by atoms with Crippen LogP contribution < -0.4 is 0 Å². The van der Waals surface area contributed by atoms with Crippen LogP contribution in [0.1, 0.15) is 43.0 Å². The fourth-order valence-corrected chi connectivity index (χ4v) is 5.02. The number of carbonyl (C=O) groups excluding carboxylic acids is 1. The lowest BCUT2D eigenvalue weighted by Gasteiger charge is -2.42. The minimum Gasteiger partial charge on any atom is -0.375 e. The third kappa shape index (κ3) is 2.83. The number of hydrogen-bond acceptors (Lipinski definition) is 4. The van der Waals surface area contributed by atoms with E-state index in [0.717, 1.165) is 25.7 Å². The zero-order chi connectivity index (χ0) is 15.7. The summed E-state index contributed by atoms with van der Waals surface area (Å²) in [5.41, 5.74) is 0.525. The van der Waals surface area contributed by atoms with Crippen LogP contribution in [0.15, 0.2) is 29.2 Å². The third-order valence-electron chi connectivity index (χ3n) is 4.55. The highest BCUT2D eigenvalue weighted by atomic mass is 32.2. The Morgan fingerprint density at radius 1 is 1.18 bits per heavy atom. The molecule has 1 heterocycles. The molecule has 2 fully saturated rings. The van der Waals surface area contributed by atoms with Gasteiger partial charge >= 0.3 is 0 Å². The minimum atomic E-state index is -3.53. The van der Waals surface area contributed by atoms with Crippen LogP contribution in [0.5, 0.6) is 0 Å². The van der Waals surface area contributed by atoms with Crippen LogP contribution in [-0.2, 0) is 14.8 Å². The molecule has 0 spiro atoms. The summed E-state index contributed by atoms with van der Waals surface area (Å²) >= 11 is 0. The summed E-state index contributed by atoms with van der Waals surface area (Å²) in [7, 11) is -3.53. The molecule has 2 atom stereocenters. The van der Waals surface area contributed by atoms with Crippen molar-refractivity contribution in [2.24, 2.45) is 0 Å². The Bertz CT molecular complexity index is 651. The van der Waals surface area contributed by atoms with Gasteiger partial charge in [-0.15, -0.1) is 0 Å². The maximum Gasteiger partial charge on any atom is 0.243 e. The van der Waals surface area contributed by atoms with Crippen LogP contribution >= 0.6 is 0 Å². The van der Waals surface area contributed by atoms with Crippen LogP contribution in [0, 0.1) is 0 Å². The number of ether oxygens (including phenoxy) is 1. The molecule has 0 bridgehead atoms. The number of rotatable bonds is 3. The normalized spacial score (nSPS) is 26.4. The first kappa shape index (κ1) is 15.6. The lowest BCUT2D eigenvalue weighted by molar-refractivity contribution is -0.0586. The van der Waals surface area contributed by atoms with Gasteiger partial charge in [-0.3, -0.25) is 4.79 Å². The van der Waals surface area contributed by atoms with Gasteiger partial charge in [0.2, 0.25) is 10.0 Å². The molecule has 0 amide bonds. The van der Waals surface area contributed by atoms with Gasteiger partial charge in [0.25, 0.3) is 0 Å². The molecule has 120 valence electrons. The van der Waals surface area contributed by atoms with Gasteiger partial charge in [-0.1, -0.05) is 25.0 Å². The van der Waals surface area contributed by atoms with Crippen LogP contribution in [0.2, 0.25) is 0 Å². The quantitative estimate of drug-likeness (QED) is 0.800. The van der Waals surface area contributed by atoms with Crippen molar-refractivity contribution in [1.29, 1.82) is 0 Å². The number of ketones is 1. The van der Waals surface area contributed by atoms with E-state index in [-0.39, 0.29) is 22.8 Å². The van der Waals surface area contributed by atoms with Gasteiger partial charge in [0.05, 0.1) is 23.6 Å². The minimum absolute atomic E-state index is 0.0220. The SMILES string of the molecule is CC(=O)c1ccc(S(=O)(=O)N2CCO[C@H]3CCCC[C@@H]32)cc1. The second-order valence-corrected chi connectivity index (χ2v) is 7.85. The van der Waals surface area contributed by atoms with E-state index in [0.29, 0.717) is 18.7 Å². The van der Waals surface area contributed by atoms with Crippen LogP contribution in [0.3, 0.4) is 0 Å². The Balaban J connectivity index is 1.89. The number of Topliss-reactive ketones (excluding diaryl/α,β-unsaturated/α-hetero) is 1. The summed E-state index contributed by atoms with van der Waals surface area (Å²) in [5, 5.41) is 0. The predicted molar refractivity (Wildman–Crippen MR) is 82.3 cm³/mol. The number of fused-ring (bicyclic) bond motifs is 1. The molecule has 0 radical (unpaired) electrons. The standard InChI is InChI=1S/C16H21NO4S/c1-12(18)13-6-8-14(9-7-13)22(19,20)17-10-11-21-16-5-3-2-4-15(16)17/h6-9,15-16H,2-5,10-11H2,1H3/t15-,16-/m0/s1. The fourth-order valence-electron chi connectivity index (χ4n) is 3.36. The van der Waals surface area contributed by atoms with Crippen molar-refractivity contribution in [3.63, 3.8) is 0 Å². The first-order valence-electron chi connectivity index (χ1n) is 7.74. The molecule has 5 nitrogen and oxygen atoms in total. The molecule has 0 N–H and O–H groups in total. The topological polar surface area (TPSA) is 63.7 Å². The summed E-state index contributed by atoms with van der Waals surface area (Å²) in [4.78, 5) is 11.6. The highest BCUT2D eigenvalue weighted by molar-refractivity contribution is 7.89. The van der Waals surface area contributed by atoms with Crippen molar-refractivity contribution in [2.75, 3.05) is 13.2 Å². The summed E-state index contributed by atoms with van der Waals surface area (Å²) in [6.07, 6.45) is 3.95. The first-order chi connectivity index (χ1) is 10.5. The van der Waals surface area contributed by atoms with E-state index < -0.39 is 10.0 Å². The third-order valence-corrected chi connectivity index (χ3v) is 6.49. The van der Waals surface area contributed by atoms with Crippen molar-refractivity contribution in [2.45, 2.75) is 49.6 Å². The molecule has 1 aliphatic carbocycles. The summed E-state index contributed by atoms with van der Waals surface area (Å²) in [5.74, 6) is -0.0670. The Kier molecular flexibility index (Phi) is 4.34. The molecule has 1 aromatic carbocycles. The Morgan fingerprint density at radius 3 is 2.55 bits per heavy atom. The van der Waals surface area contributed by atoms with E-state index >= 15 is 0 Å². The smallest absolute Gasteiger partial charge is 0.243 e. The lowest BCUT2D eigenvalue weighted by atomic mass is 9.91. The van der Waals surface area contributed by atoms with Gasteiger partial charge in [-0.05, 0) is 31.9 Å². The monoisotopic (exact) mass is 323 g/mol. The Hall–Kier alpha value is -1.24. The average Bonchev–Trinajstić information content (AvgIpc) is 2.54. The number of carbonyl (C=O) groups is 1. The van der Waals surface area contributed by atoms with Gasteiger partial charge in [-0.2, -0.15) is 4.31 Å². The van der Waals surface area contributed by atoms with Crippen molar-refractivity contribution in [3.05, 3.63) is 29.8 Å². The average molecular weight is 323 g/mol. The van der Waals surface area contributed by atoms with Gasteiger partial charge < -0.3 is 4.74 Å². The molecular formula is C16H21NO4S. The molecule has 22 heavy (non-hydrogen) atoms. The lowest BCUT2D eigenvalue weighted by Crippen LogP contribution is -2.54. The van der Waals surface area contributed by atoms with Crippen LogP contribution in [0.25, 0.3) is 0 Å². The van der Waals surface area contributed by atoms with E-state index in [2.05, 4.69) is 0 Å². The summed E-state index contributed by atoms with van der Waals surface area (Å²) in [6.45, 7) is 2.32. The van der Waals surface area contributed by atoms with E-state index in [9.17, 15) is 13.2 Å². The molecule has 2 aliphatic rings. The van der Waals surface area contributed by atoms with Crippen molar-refractivity contribution in [3.8, 4) is 0 Å². The second kappa shape index (κ2) is 6.10. The van der Waals surface area contributed by atoms with Crippen LogP contribution in [0.4, 0.5) is 0 Å². The molecular weight excluding hydrogens is 302 g/mol. The highest BCUT2D eigenvalue weighted by Gasteiger charge is 2.40. The number of benzene rings is 1. The van der Waals surface area contributed by atoms with Gasteiger partial charge in [-0.25, -0.2) is 8.42 Å². The number of nitrogens with zero attached hydrogens (tertiary/aromatic N) is 1. The van der Waals surface area contributed by atoms with Crippen molar-refractivity contribution >= 4 is 15.8 Å². The molecule has 0 unspecified atom stereocenters. The number of sulfonamides is 1. The maximum atomic E-state index is 12.9. The molecule has 1 saturated carbocycles. The van der Waals surface area contributed by atoms with E-state index in [1.165, 1.54) is 19.1 Å². The molecule has 1 aromatic rings. The molecule has 0 aromatic heterocycles. The van der Waals surface area contributed by atoms with Gasteiger partial charge in [0.15, 0.2) is 5.78 Å². The molecule has 1 aliphatic heterocycles. The van der Waals surface area contributed by atoms with E-state index in [1.807, 2.05) is 0 Å². The molecule has 6 heteroatoms. The first-order valence-corrected chi connectivity index (χ1v) is 9.18. The summed E-state index contributed by atoms with van der Waals surface area (Å²) < 4.78 is 33.2. The highest BCUT2D eigenvalue weighted by Crippen LogP contribution is 2.32. The Labute approximate surface area is 131 Å². The largest absolute Gasteiger partial charge is 0.375 e. The summed E-state index contributed by atoms with van der Waals surface area (Å²) in [6, 6.07) is 6.15. The van der Waals surface area contributed by atoms with Crippen LogP contribution in [-0.4, -0.2) is 43.8 Å². The molecule has 1 saturated heterocycles. The maximum absolute atomic E-state index is 12.9. The van der Waals surface area contributed by atoms with Gasteiger partial charge in [0, 0.05) is 12.1 Å². The van der Waals surface area contributed by atoms with E-state index in [4.69, 9.17) is 4.74 Å². The zero-order valence-electron chi connectivity index (χ0n) is 12.7.